The highest BCUT2D eigenvalue weighted by molar-refractivity contribution is 6.51. The average Bonchev–Trinajstić information content (AvgIpc) is 3.17. The number of halogens is 1. The number of para-hydroxylation sites is 1. The van der Waals surface area contributed by atoms with Crippen molar-refractivity contribution in [3.8, 4) is 11.5 Å². The summed E-state index contributed by atoms with van der Waals surface area (Å²) < 4.78 is 24.9. The van der Waals surface area contributed by atoms with Gasteiger partial charge >= 0.3 is 0 Å². The smallest absolute Gasteiger partial charge is 0.300 e. The van der Waals surface area contributed by atoms with Gasteiger partial charge in [0.15, 0.2) is 0 Å². The number of nitrogens with zero attached hydrogens (tertiary/aromatic N) is 1. The molecule has 4 rings (SSSR count). The van der Waals surface area contributed by atoms with Crippen LogP contribution in [0.5, 0.6) is 11.5 Å². The van der Waals surface area contributed by atoms with Gasteiger partial charge in [0.1, 0.15) is 23.1 Å². The molecule has 1 unspecified atom stereocenters. The lowest BCUT2D eigenvalue weighted by atomic mass is 9.94. The SMILES string of the molecule is CCCCCOc1ccc(/C(O)=C2/C(=O)C(=O)N(c3ccc(F)cc3)C2c2ccccc2OC)cc1. The number of hydrogen-bond donors (Lipinski definition) is 1. The first-order valence-electron chi connectivity index (χ1n) is 11.9. The molecule has 1 aliphatic rings. The molecule has 6 nitrogen and oxygen atoms in total. The van der Waals surface area contributed by atoms with E-state index in [0.29, 0.717) is 34.9 Å². The molecule has 0 saturated carbocycles. The number of carbonyl (C=O) groups excluding carboxylic acids is 2. The molecule has 1 N–H and O–H groups in total. The number of ether oxygens (including phenoxy) is 2. The minimum atomic E-state index is -0.975. The van der Waals surface area contributed by atoms with Gasteiger partial charge in [-0.1, -0.05) is 38.0 Å². The molecule has 1 fully saturated rings. The molecule has 0 aromatic heterocycles. The van der Waals surface area contributed by atoms with Crippen LogP contribution in [-0.2, 0) is 9.59 Å². The molecule has 1 saturated heterocycles. The lowest BCUT2D eigenvalue weighted by Crippen LogP contribution is -2.29. The van der Waals surface area contributed by atoms with E-state index in [9.17, 15) is 19.1 Å². The quantitative estimate of drug-likeness (QED) is 0.172. The molecule has 1 heterocycles. The normalized spacial score (nSPS) is 16.9. The van der Waals surface area contributed by atoms with Crippen LogP contribution in [0.25, 0.3) is 5.76 Å². The van der Waals surface area contributed by atoms with Crippen molar-refractivity contribution in [1.29, 1.82) is 0 Å². The third-order valence-electron chi connectivity index (χ3n) is 6.13. The van der Waals surface area contributed by atoms with Gasteiger partial charge in [-0.15, -0.1) is 0 Å². The highest BCUT2D eigenvalue weighted by atomic mass is 19.1. The fraction of sp³-hybridized carbons (Fsp3) is 0.241. The molecule has 3 aromatic rings. The van der Waals surface area contributed by atoms with Gasteiger partial charge in [0.05, 0.1) is 25.3 Å². The van der Waals surface area contributed by atoms with Crippen molar-refractivity contribution in [2.24, 2.45) is 0 Å². The van der Waals surface area contributed by atoms with Crippen molar-refractivity contribution >= 4 is 23.1 Å². The van der Waals surface area contributed by atoms with E-state index in [1.165, 1.54) is 36.3 Å². The molecule has 0 spiro atoms. The minimum absolute atomic E-state index is 0.0783. The van der Waals surface area contributed by atoms with Gasteiger partial charge in [-0.3, -0.25) is 14.5 Å². The molecule has 7 heteroatoms. The van der Waals surface area contributed by atoms with E-state index >= 15 is 0 Å². The molecule has 0 radical (unpaired) electrons. The third kappa shape index (κ3) is 4.96. The second-order valence-corrected chi connectivity index (χ2v) is 8.47. The summed E-state index contributed by atoms with van der Waals surface area (Å²) >= 11 is 0. The zero-order valence-electron chi connectivity index (χ0n) is 20.2. The summed E-state index contributed by atoms with van der Waals surface area (Å²) in [5.74, 6) is -1.36. The average molecular weight is 490 g/mol. The Morgan fingerprint density at radius 2 is 1.67 bits per heavy atom. The molecule has 1 amide bonds. The van der Waals surface area contributed by atoms with Crippen molar-refractivity contribution in [1.82, 2.24) is 0 Å². The van der Waals surface area contributed by atoms with Crippen LogP contribution in [0.1, 0.15) is 43.4 Å². The maximum atomic E-state index is 13.6. The van der Waals surface area contributed by atoms with E-state index in [4.69, 9.17) is 9.47 Å². The number of unbranched alkanes of at least 4 members (excludes halogenated alkanes) is 2. The highest BCUT2D eigenvalue weighted by Crippen LogP contribution is 2.44. The van der Waals surface area contributed by atoms with Crippen LogP contribution in [0, 0.1) is 5.82 Å². The van der Waals surface area contributed by atoms with Crippen LogP contribution in [-0.4, -0.2) is 30.5 Å². The van der Waals surface area contributed by atoms with Crippen molar-refractivity contribution in [3.63, 3.8) is 0 Å². The molecule has 1 atom stereocenters. The topological polar surface area (TPSA) is 76.1 Å². The van der Waals surface area contributed by atoms with Gasteiger partial charge in [-0.25, -0.2) is 4.39 Å². The summed E-state index contributed by atoms with van der Waals surface area (Å²) in [6.07, 6.45) is 3.12. The molecule has 186 valence electrons. The Morgan fingerprint density at radius 1 is 0.972 bits per heavy atom. The Balaban J connectivity index is 1.79. The Hall–Kier alpha value is -4.13. The first kappa shape index (κ1) is 25.0. The van der Waals surface area contributed by atoms with Gasteiger partial charge in [0.25, 0.3) is 11.7 Å². The maximum Gasteiger partial charge on any atom is 0.300 e. The third-order valence-corrected chi connectivity index (χ3v) is 6.13. The van der Waals surface area contributed by atoms with Crippen molar-refractivity contribution in [3.05, 3.63) is 95.3 Å². The predicted octanol–water partition coefficient (Wildman–Crippen LogP) is 6.03. The van der Waals surface area contributed by atoms with E-state index in [-0.39, 0.29) is 11.3 Å². The van der Waals surface area contributed by atoms with Crippen LogP contribution in [0.15, 0.2) is 78.4 Å². The van der Waals surface area contributed by atoms with Crippen LogP contribution in [0.4, 0.5) is 10.1 Å². The second kappa shape index (κ2) is 11.1. The summed E-state index contributed by atoms with van der Waals surface area (Å²) in [6, 6.07) is 18.0. The lowest BCUT2D eigenvalue weighted by molar-refractivity contribution is -0.132. The fourth-order valence-corrected chi connectivity index (χ4v) is 4.29. The molecule has 36 heavy (non-hydrogen) atoms. The maximum absolute atomic E-state index is 13.6. The number of ketones is 1. The first-order chi connectivity index (χ1) is 17.5. The van der Waals surface area contributed by atoms with E-state index < -0.39 is 23.5 Å². The molecular weight excluding hydrogens is 461 g/mol. The van der Waals surface area contributed by atoms with Gasteiger partial charge in [-0.2, -0.15) is 0 Å². The number of aliphatic hydroxyl groups is 1. The van der Waals surface area contributed by atoms with Gasteiger partial charge < -0.3 is 14.6 Å². The fourth-order valence-electron chi connectivity index (χ4n) is 4.29. The summed E-state index contributed by atoms with van der Waals surface area (Å²) in [5, 5.41) is 11.3. The Morgan fingerprint density at radius 3 is 2.33 bits per heavy atom. The molecule has 0 aliphatic carbocycles. The van der Waals surface area contributed by atoms with Crippen molar-refractivity contribution in [2.45, 2.75) is 32.2 Å². The zero-order valence-corrected chi connectivity index (χ0v) is 20.2. The monoisotopic (exact) mass is 489 g/mol. The van der Waals surface area contributed by atoms with E-state index in [2.05, 4.69) is 6.92 Å². The van der Waals surface area contributed by atoms with Crippen LogP contribution < -0.4 is 14.4 Å². The Labute approximate surface area is 209 Å². The van der Waals surface area contributed by atoms with Crippen LogP contribution >= 0.6 is 0 Å². The second-order valence-electron chi connectivity index (χ2n) is 8.47. The largest absolute Gasteiger partial charge is 0.507 e. The standard InChI is InChI=1S/C29H28FNO5/c1-3-4-7-18-36-22-16-10-19(11-17-22)27(32)25-26(23-8-5-6-9-24(23)35-2)31(29(34)28(25)33)21-14-12-20(30)13-15-21/h5-6,8-17,26,32H,3-4,7,18H2,1-2H3/b27-25-. The van der Waals surface area contributed by atoms with Gasteiger partial charge in [0, 0.05) is 16.8 Å². The summed E-state index contributed by atoms with van der Waals surface area (Å²) in [5.41, 5.74) is 1.13. The van der Waals surface area contributed by atoms with Crippen LogP contribution in [0.2, 0.25) is 0 Å². The highest BCUT2D eigenvalue weighted by Gasteiger charge is 2.47. The number of carbonyl (C=O) groups is 2. The van der Waals surface area contributed by atoms with Gasteiger partial charge in [0.2, 0.25) is 0 Å². The summed E-state index contributed by atoms with van der Waals surface area (Å²) in [7, 11) is 1.49. The van der Waals surface area contributed by atoms with Crippen molar-refractivity contribution in [2.75, 3.05) is 18.6 Å². The number of anilines is 1. The number of amides is 1. The number of methoxy groups -OCH3 is 1. The number of rotatable bonds is 9. The number of hydrogen-bond acceptors (Lipinski definition) is 5. The lowest BCUT2D eigenvalue weighted by Gasteiger charge is -2.26. The Bertz CT molecular complexity index is 1270. The summed E-state index contributed by atoms with van der Waals surface area (Å²) in [4.78, 5) is 27.8. The molecule has 3 aromatic carbocycles. The van der Waals surface area contributed by atoms with E-state index in [1.54, 1.807) is 48.5 Å². The van der Waals surface area contributed by atoms with E-state index in [1.807, 2.05) is 0 Å². The van der Waals surface area contributed by atoms with Gasteiger partial charge in [-0.05, 0) is 61.0 Å². The van der Waals surface area contributed by atoms with Crippen molar-refractivity contribution < 1.29 is 28.6 Å². The van der Waals surface area contributed by atoms with E-state index in [0.717, 1.165) is 19.3 Å². The number of benzene rings is 3. The summed E-state index contributed by atoms with van der Waals surface area (Å²) in [6.45, 7) is 2.71. The zero-order chi connectivity index (χ0) is 25.7. The van der Waals surface area contributed by atoms with Crippen LogP contribution in [0.3, 0.4) is 0 Å². The predicted molar refractivity (Wildman–Crippen MR) is 136 cm³/mol. The Kier molecular flexibility index (Phi) is 7.68. The minimum Gasteiger partial charge on any atom is -0.507 e. The number of aliphatic hydroxyl groups excluding tert-OH is 1. The molecular formula is C29H28FNO5. The molecule has 1 aliphatic heterocycles. The molecule has 0 bridgehead atoms. The first-order valence-corrected chi connectivity index (χ1v) is 11.9. The number of Topliss-reactive ketones (excluding diaryl/α,β-unsaturated/α-hetero) is 1.